The standard InChI is InChI=1S/C15H16N4O3/c20-15(11-7-4-5-9-13(11)19(21)22)16-14-10-6-2-1-3-8-12(10)17-18-14/h4-5,7,9H,1-3,6,8H2,(H2,16,17,18,20). The topological polar surface area (TPSA) is 101 Å². The fraction of sp³-hybridized carbons (Fsp3) is 0.333. The van der Waals surface area contributed by atoms with Gasteiger partial charge in [-0.15, -0.1) is 0 Å². The molecule has 0 saturated carbocycles. The summed E-state index contributed by atoms with van der Waals surface area (Å²) in [7, 11) is 0. The van der Waals surface area contributed by atoms with Crippen LogP contribution in [0.2, 0.25) is 0 Å². The third-order valence-electron chi connectivity index (χ3n) is 3.88. The van der Waals surface area contributed by atoms with Gasteiger partial charge in [-0.2, -0.15) is 5.10 Å². The molecule has 0 atom stereocenters. The SMILES string of the molecule is O=C(Nc1n[nH]c2c1CCCCC2)c1ccccc1[N+](=O)[O-]. The van der Waals surface area contributed by atoms with Crippen molar-refractivity contribution < 1.29 is 9.72 Å². The maximum absolute atomic E-state index is 12.3. The number of nitro groups is 1. The molecule has 0 spiro atoms. The maximum Gasteiger partial charge on any atom is 0.282 e. The Labute approximate surface area is 126 Å². The molecule has 7 nitrogen and oxygen atoms in total. The van der Waals surface area contributed by atoms with Crippen LogP contribution in [-0.2, 0) is 12.8 Å². The number of benzene rings is 1. The summed E-state index contributed by atoms with van der Waals surface area (Å²) >= 11 is 0. The van der Waals surface area contributed by atoms with Crippen LogP contribution >= 0.6 is 0 Å². The van der Waals surface area contributed by atoms with E-state index in [2.05, 4.69) is 15.5 Å². The molecule has 0 fully saturated rings. The van der Waals surface area contributed by atoms with Crippen molar-refractivity contribution in [2.24, 2.45) is 0 Å². The van der Waals surface area contributed by atoms with Crippen molar-refractivity contribution >= 4 is 17.4 Å². The third kappa shape index (κ3) is 2.69. The highest BCUT2D eigenvalue weighted by Gasteiger charge is 2.22. The van der Waals surface area contributed by atoms with Crippen LogP contribution < -0.4 is 5.32 Å². The monoisotopic (exact) mass is 300 g/mol. The Kier molecular flexibility index (Phi) is 3.86. The van der Waals surface area contributed by atoms with E-state index >= 15 is 0 Å². The Hall–Kier alpha value is -2.70. The molecule has 0 bridgehead atoms. The summed E-state index contributed by atoms with van der Waals surface area (Å²) in [5, 5.41) is 20.8. The lowest BCUT2D eigenvalue weighted by Gasteiger charge is -2.05. The number of nitrogens with zero attached hydrogens (tertiary/aromatic N) is 2. The number of anilines is 1. The smallest absolute Gasteiger partial charge is 0.282 e. The molecule has 22 heavy (non-hydrogen) atoms. The molecule has 0 radical (unpaired) electrons. The fourth-order valence-corrected chi connectivity index (χ4v) is 2.76. The van der Waals surface area contributed by atoms with Crippen LogP contribution in [0.25, 0.3) is 0 Å². The highest BCUT2D eigenvalue weighted by Crippen LogP contribution is 2.26. The largest absolute Gasteiger partial charge is 0.305 e. The molecule has 0 aliphatic heterocycles. The number of nitro benzene ring substituents is 1. The predicted octanol–water partition coefficient (Wildman–Crippen LogP) is 2.84. The highest BCUT2D eigenvalue weighted by molar-refractivity contribution is 6.06. The molecule has 1 aromatic heterocycles. The number of H-pyrrole nitrogens is 1. The van der Waals surface area contributed by atoms with Crippen molar-refractivity contribution in [3.63, 3.8) is 0 Å². The minimum absolute atomic E-state index is 0.0397. The van der Waals surface area contributed by atoms with Gasteiger partial charge >= 0.3 is 0 Å². The molecule has 2 aromatic rings. The first-order chi connectivity index (χ1) is 10.7. The number of para-hydroxylation sites is 1. The van der Waals surface area contributed by atoms with Crippen molar-refractivity contribution in [1.82, 2.24) is 10.2 Å². The van der Waals surface area contributed by atoms with Crippen molar-refractivity contribution in [3.05, 3.63) is 51.2 Å². The first-order valence-corrected chi connectivity index (χ1v) is 7.27. The Balaban J connectivity index is 1.87. The van der Waals surface area contributed by atoms with Gasteiger partial charge in [0.05, 0.1) is 4.92 Å². The van der Waals surface area contributed by atoms with E-state index in [-0.39, 0.29) is 11.3 Å². The molecule has 1 aliphatic carbocycles. The quantitative estimate of drug-likeness (QED) is 0.517. The summed E-state index contributed by atoms with van der Waals surface area (Å²) in [5.41, 5.74) is 1.90. The van der Waals surface area contributed by atoms with Gasteiger partial charge in [0.25, 0.3) is 11.6 Å². The molecule has 7 heteroatoms. The third-order valence-corrected chi connectivity index (χ3v) is 3.88. The van der Waals surface area contributed by atoms with Crippen LogP contribution in [0.4, 0.5) is 11.5 Å². The number of aromatic amines is 1. The first-order valence-electron chi connectivity index (χ1n) is 7.27. The van der Waals surface area contributed by atoms with Crippen LogP contribution in [0.15, 0.2) is 24.3 Å². The van der Waals surface area contributed by atoms with Gasteiger partial charge in [-0.05, 0) is 31.7 Å². The number of aromatic nitrogens is 2. The van der Waals surface area contributed by atoms with Gasteiger partial charge in [0.15, 0.2) is 5.82 Å². The first kappa shape index (κ1) is 14.2. The van der Waals surface area contributed by atoms with E-state index in [0.717, 1.165) is 43.4 Å². The van der Waals surface area contributed by atoms with Gasteiger partial charge < -0.3 is 5.32 Å². The van der Waals surface area contributed by atoms with Crippen LogP contribution in [0, 0.1) is 10.1 Å². The zero-order valence-electron chi connectivity index (χ0n) is 12.0. The van der Waals surface area contributed by atoms with Crippen molar-refractivity contribution in [2.75, 3.05) is 5.32 Å². The molecule has 1 amide bonds. The fourth-order valence-electron chi connectivity index (χ4n) is 2.76. The van der Waals surface area contributed by atoms with Crippen LogP contribution in [0.3, 0.4) is 0 Å². The molecule has 1 heterocycles. The van der Waals surface area contributed by atoms with E-state index in [1.165, 1.54) is 18.2 Å². The van der Waals surface area contributed by atoms with Gasteiger partial charge in [0.1, 0.15) is 5.56 Å². The molecule has 3 rings (SSSR count). The summed E-state index contributed by atoms with van der Waals surface area (Å²) in [6, 6.07) is 5.90. The number of amides is 1. The molecule has 0 saturated heterocycles. The van der Waals surface area contributed by atoms with E-state index in [1.54, 1.807) is 6.07 Å². The molecule has 2 N–H and O–H groups in total. The van der Waals surface area contributed by atoms with E-state index in [0.29, 0.717) is 5.82 Å². The number of nitrogens with one attached hydrogen (secondary N) is 2. The van der Waals surface area contributed by atoms with Gasteiger partial charge in [0.2, 0.25) is 0 Å². The van der Waals surface area contributed by atoms with Crippen molar-refractivity contribution in [1.29, 1.82) is 0 Å². The molecule has 0 unspecified atom stereocenters. The molecule has 114 valence electrons. The van der Waals surface area contributed by atoms with E-state index < -0.39 is 10.8 Å². The Morgan fingerprint density at radius 3 is 2.82 bits per heavy atom. The number of carbonyl (C=O) groups is 1. The maximum atomic E-state index is 12.3. The second kappa shape index (κ2) is 5.97. The van der Waals surface area contributed by atoms with Gasteiger partial charge in [0, 0.05) is 17.3 Å². The van der Waals surface area contributed by atoms with Crippen LogP contribution in [0.1, 0.15) is 40.9 Å². The summed E-state index contributed by atoms with van der Waals surface area (Å²) in [6.07, 6.45) is 5.09. The summed E-state index contributed by atoms with van der Waals surface area (Å²) in [5.74, 6) is -0.0223. The Morgan fingerprint density at radius 1 is 1.23 bits per heavy atom. The summed E-state index contributed by atoms with van der Waals surface area (Å²) in [4.78, 5) is 22.8. The normalized spacial score (nSPS) is 14.0. The van der Waals surface area contributed by atoms with Gasteiger partial charge in [-0.25, -0.2) is 0 Å². The zero-order valence-corrected chi connectivity index (χ0v) is 12.0. The number of hydrogen-bond donors (Lipinski definition) is 2. The zero-order chi connectivity index (χ0) is 15.5. The van der Waals surface area contributed by atoms with Crippen molar-refractivity contribution in [3.8, 4) is 0 Å². The molecular formula is C15H16N4O3. The van der Waals surface area contributed by atoms with Gasteiger partial charge in [-0.3, -0.25) is 20.0 Å². The predicted molar refractivity (Wildman–Crippen MR) is 80.9 cm³/mol. The Bertz CT molecular complexity index is 723. The lowest BCUT2D eigenvalue weighted by molar-refractivity contribution is -0.385. The minimum atomic E-state index is -0.556. The van der Waals surface area contributed by atoms with Crippen molar-refractivity contribution in [2.45, 2.75) is 32.1 Å². The molecule has 1 aliphatic rings. The van der Waals surface area contributed by atoms with E-state index in [4.69, 9.17) is 0 Å². The Morgan fingerprint density at radius 2 is 2.00 bits per heavy atom. The highest BCUT2D eigenvalue weighted by atomic mass is 16.6. The number of hydrogen-bond acceptors (Lipinski definition) is 4. The second-order valence-corrected chi connectivity index (χ2v) is 5.32. The van der Waals surface area contributed by atoms with Crippen LogP contribution in [-0.4, -0.2) is 21.0 Å². The van der Waals surface area contributed by atoms with Gasteiger partial charge in [-0.1, -0.05) is 18.6 Å². The number of fused-ring (bicyclic) bond motifs is 1. The lowest BCUT2D eigenvalue weighted by Crippen LogP contribution is -2.15. The van der Waals surface area contributed by atoms with Crippen LogP contribution in [0.5, 0.6) is 0 Å². The lowest BCUT2D eigenvalue weighted by atomic mass is 10.1. The number of aryl methyl sites for hydroxylation is 1. The minimum Gasteiger partial charge on any atom is -0.305 e. The van der Waals surface area contributed by atoms with E-state index in [1.807, 2.05) is 0 Å². The number of carbonyl (C=O) groups excluding carboxylic acids is 1. The molecular weight excluding hydrogens is 284 g/mol. The average Bonchev–Trinajstić information content (AvgIpc) is 2.74. The molecule has 1 aromatic carbocycles. The second-order valence-electron chi connectivity index (χ2n) is 5.32. The summed E-state index contributed by atoms with van der Waals surface area (Å²) < 4.78 is 0. The summed E-state index contributed by atoms with van der Waals surface area (Å²) in [6.45, 7) is 0. The average molecular weight is 300 g/mol. The number of rotatable bonds is 3. The van der Waals surface area contributed by atoms with E-state index in [9.17, 15) is 14.9 Å².